The van der Waals surface area contributed by atoms with Crippen molar-refractivity contribution in [3.8, 4) is 0 Å². The van der Waals surface area contributed by atoms with Crippen molar-refractivity contribution in [3.63, 3.8) is 0 Å². The van der Waals surface area contributed by atoms with Crippen molar-refractivity contribution in [1.29, 1.82) is 0 Å². The Bertz CT molecular complexity index is 1500. The lowest BCUT2D eigenvalue weighted by molar-refractivity contribution is -0.667. The molecule has 0 bridgehead atoms. The average molecular weight is 650 g/mol. The molecule has 0 radical (unpaired) electrons. The quantitative estimate of drug-likeness (QED) is 0.140. The van der Waals surface area contributed by atoms with Gasteiger partial charge in [-0.2, -0.15) is 0 Å². The summed E-state index contributed by atoms with van der Waals surface area (Å²) in [7, 11) is 3.82. The molecule has 5 rings (SSSR count). The van der Waals surface area contributed by atoms with Gasteiger partial charge in [0.15, 0.2) is 0 Å². The number of imidazole rings is 2. The fourth-order valence-corrected chi connectivity index (χ4v) is 5.97. The molecule has 0 spiro atoms. The number of nitrogens with two attached hydrogens (primary N) is 2. The predicted octanol–water partition coefficient (Wildman–Crippen LogP) is 1.12. The molecule has 1 aliphatic carbocycles. The van der Waals surface area contributed by atoms with Gasteiger partial charge in [-0.05, 0) is 55.8 Å². The minimum Gasteiger partial charge on any atom is -0.356 e. The highest BCUT2D eigenvalue weighted by molar-refractivity contribution is 9.10. The van der Waals surface area contributed by atoms with Gasteiger partial charge in [0.25, 0.3) is 11.8 Å². The number of amides is 2. The Hall–Kier alpha value is -3.52. The highest BCUT2D eigenvalue weighted by Crippen LogP contribution is 2.41. The van der Waals surface area contributed by atoms with Crippen molar-refractivity contribution >= 4 is 55.6 Å². The molecule has 200 valence electrons. The third kappa shape index (κ3) is 4.85. The number of rotatable bonds is 7. The van der Waals surface area contributed by atoms with Crippen LogP contribution in [0.25, 0.3) is 0 Å². The molecule has 0 saturated heterocycles. The second kappa shape index (κ2) is 10.3. The zero-order chi connectivity index (χ0) is 27.1. The first-order valence-electron chi connectivity index (χ1n) is 12.1. The monoisotopic (exact) mass is 648 g/mol. The van der Waals surface area contributed by atoms with Crippen molar-refractivity contribution in [2.75, 3.05) is 24.6 Å². The van der Waals surface area contributed by atoms with Crippen LogP contribution in [0.5, 0.6) is 0 Å². The van der Waals surface area contributed by atoms with Crippen LogP contribution in [0.2, 0.25) is 0 Å². The summed E-state index contributed by atoms with van der Waals surface area (Å²) in [5.74, 6) is 0.324. The van der Waals surface area contributed by atoms with Gasteiger partial charge >= 0.3 is 11.9 Å². The van der Waals surface area contributed by atoms with E-state index in [0.29, 0.717) is 42.8 Å². The summed E-state index contributed by atoms with van der Waals surface area (Å²) in [5, 5.41) is 6.17. The lowest BCUT2D eigenvalue weighted by Crippen LogP contribution is -2.49. The molecule has 4 heterocycles. The van der Waals surface area contributed by atoms with E-state index >= 15 is 0 Å². The molecule has 12 nitrogen and oxygen atoms in total. The van der Waals surface area contributed by atoms with Crippen LogP contribution >= 0.6 is 31.9 Å². The smallest absolute Gasteiger partial charge is 0.352 e. The van der Waals surface area contributed by atoms with E-state index in [0.717, 1.165) is 26.0 Å². The Kier molecular flexibility index (Phi) is 7.09. The number of halogens is 2. The lowest BCUT2D eigenvalue weighted by atomic mass is 9.70. The van der Waals surface area contributed by atoms with Crippen molar-refractivity contribution in [2.24, 2.45) is 25.9 Å². The van der Waals surface area contributed by atoms with Crippen molar-refractivity contribution < 1.29 is 18.7 Å². The maximum absolute atomic E-state index is 13.0. The summed E-state index contributed by atoms with van der Waals surface area (Å²) in [5.41, 5.74) is 16.4. The van der Waals surface area contributed by atoms with Gasteiger partial charge in [-0.15, -0.1) is 0 Å². The largest absolute Gasteiger partial charge is 0.356 e. The Morgan fingerprint density at radius 2 is 1.53 bits per heavy atom. The van der Waals surface area contributed by atoms with Gasteiger partial charge in [-0.25, -0.2) is 19.1 Å². The number of hydrogen-bond acceptors (Lipinski definition) is 4. The normalized spacial score (nSPS) is 18.8. The zero-order valence-corrected chi connectivity index (χ0v) is 24.0. The summed E-state index contributed by atoms with van der Waals surface area (Å²) < 4.78 is 5.44. The summed E-state index contributed by atoms with van der Waals surface area (Å²) in [6.45, 7) is 0.761. The first kappa shape index (κ1) is 26.1. The van der Waals surface area contributed by atoms with Gasteiger partial charge in [0.2, 0.25) is 0 Å². The fraction of sp³-hybridized carbons (Fsp3) is 0.333. The number of hydrogen-bond donors (Lipinski definition) is 8. The number of H-pyrrole nitrogens is 4. The maximum atomic E-state index is 13.0. The molecule has 4 aromatic rings. The van der Waals surface area contributed by atoms with Gasteiger partial charge in [-0.3, -0.25) is 21.1 Å². The van der Waals surface area contributed by atoms with Gasteiger partial charge in [0.05, 0.1) is 26.2 Å². The van der Waals surface area contributed by atoms with Crippen LogP contribution in [0.1, 0.15) is 44.0 Å². The fourth-order valence-electron chi connectivity index (χ4n) is 5.29. The van der Waals surface area contributed by atoms with Crippen LogP contribution in [0.15, 0.2) is 39.7 Å². The average Bonchev–Trinajstić information content (AvgIpc) is 3.66. The number of aromatic amines is 4. The third-order valence-corrected chi connectivity index (χ3v) is 8.30. The van der Waals surface area contributed by atoms with E-state index < -0.39 is 0 Å². The standard InChI is InChI=1S/C24H28Br2N10O2/c1-35-17-3-11(6-31-21(37)15-4-12(25)7-29-15)14(9-32-22(38)16-5-13(26)8-30-16)19(20(17)34-24(35)28)18-10-33-23(27)36(18)2/h4-5,7-8,10-11,14,19H,3,6,9H2,1-2H3,(H8,27,28,29,30,31,32,33,34,37,38)/p+2/t11-,14-,19-/m1/s1. The number of carbonyl (C=O) groups is 2. The molecule has 3 atom stereocenters. The SMILES string of the molecule is C[n+]1c([C@@H]2c3[nH]c(N)[n+](C)c3C[C@H](CNC(=O)c3cc(Br)c[nH]3)[C@H]2CNC(=O)c2cc(Br)c[nH]2)c[nH]c1N. The summed E-state index contributed by atoms with van der Waals surface area (Å²) in [6.07, 6.45) is 5.97. The molecule has 10 N–H and O–H groups in total. The highest BCUT2D eigenvalue weighted by Gasteiger charge is 2.45. The van der Waals surface area contributed by atoms with Crippen LogP contribution in [-0.2, 0) is 20.5 Å². The van der Waals surface area contributed by atoms with Crippen molar-refractivity contribution in [2.45, 2.75) is 12.3 Å². The van der Waals surface area contributed by atoms with E-state index in [1.807, 2.05) is 29.4 Å². The van der Waals surface area contributed by atoms with E-state index in [4.69, 9.17) is 11.5 Å². The summed E-state index contributed by atoms with van der Waals surface area (Å²) in [4.78, 5) is 38.3. The molecule has 4 aromatic heterocycles. The molecule has 38 heavy (non-hydrogen) atoms. The number of nitrogen functional groups attached to an aromatic ring is 2. The molecular weight excluding hydrogens is 620 g/mol. The number of fused-ring (bicyclic) bond motifs is 1. The van der Waals surface area contributed by atoms with E-state index in [2.05, 4.69) is 62.4 Å². The summed E-state index contributed by atoms with van der Waals surface area (Å²) >= 11 is 6.75. The number of carbonyl (C=O) groups excluding carboxylic acids is 2. The Morgan fingerprint density at radius 3 is 2.05 bits per heavy atom. The third-order valence-electron chi connectivity index (χ3n) is 7.38. The molecule has 1 aliphatic rings. The van der Waals surface area contributed by atoms with Crippen LogP contribution in [0, 0.1) is 11.8 Å². The minimum atomic E-state index is -0.214. The molecular formula is C24H30Br2N10O2+2. The molecule has 0 saturated carbocycles. The van der Waals surface area contributed by atoms with Gasteiger partial charge in [-0.1, -0.05) is 0 Å². The molecule has 0 aliphatic heterocycles. The van der Waals surface area contributed by atoms with Gasteiger partial charge in [0, 0.05) is 40.8 Å². The zero-order valence-electron chi connectivity index (χ0n) is 20.9. The first-order valence-corrected chi connectivity index (χ1v) is 13.7. The number of nitrogens with one attached hydrogen (secondary N) is 6. The second-order valence-corrected chi connectivity index (χ2v) is 11.4. The van der Waals surface area contributed by atoms with Crippen LogP contribution in [0.4, 0.5) is 11.9 Å². The van der Waals surface area contributed by atoms with Crippen molar-refractivity contribution in [1.82, 2.24) is 30.6 Å². The predicted molar refractivity (Wildman–Crippen MR) is 147 cm³/mol. The van der Waals surface area contributed by atoms with Crippen LogP contribution in [-0.4, -0.2) is 44.8 Å². The van der Waals surface area contributed by atoms with E-state index in [1.54, 1.807) is 24.5 Å². The van der Waals surface area contributed by atoms with Gasteiger partial charge < -0.3 is 20.6 Å². The lowest BCUT2D eigenvalue weighted by Gasteiger charge is -2.36. The molecule has 0 aromatic carbocycles. The van der Waals surface area contributed by atoms with Crippen LogP contribution < -0.4 is 31.2 Å². The molecule has 0 unspecified atom stereocenters. The first-order chi connectivity index (χ1) is 18.1. The number of nitrogens with zero attached hydrogens (tertiary/aromatic N) is 2. The Balaban J connectivity index is 1.49. The van der Waals surface area contributed by atoms with Crippen LogP contribution in [0.3, 0.4) is 0 Å². The van der Waals surface area contributed by atoms with E-state index in [-0.39, 0.29) is 29.6 Å². The topological polar surface area (TPSA) is 181 Å². The Morgan fingerprint density at radius 1 is 0.921 bits per heavy atom. The van der Waals surface area contributed by atoms with Crippen molar-refractivity contribution in [3.05, 3.63) is 68.1 Å². The maximum Gasteiger partial charge on any atom is 0.352 e. The second-order valence-electron chi connectivity index (χ2n) is 9.58. The number of anilines is 2. The molecule has 0 fully saturated rings. The summed E-state index contributed by atoms with van der Waals surface area (Å²) in [6, 6.07) is 3.47. The minimum absolute atomic E-state index is 0.0249. The van der Waals surface area contributed by atoms with E-state index in [9.17, 15) is 9.59 Å². The number of aromatic nitrogens is 6. The highest BCUT2D eigenvalue weighted by atomic mass is 79.9. The van der Waals surface area contributed by atoms with Gasteiger partial charge in [0.1, 0.15) is 28.5 Å². The van der Waals surface area contributed by atoms with E-state index in [1.165, 1.54) is 0 Å². The molecule has 2 amide bonds. The Labute approximate surface area is 235 Å². The molecule has 14 heteroatoms.